The molecule has 0 saturated carbocycles. The molecule has 0 atom stereocenters. The van der Waals surface area contributed by atoms with E-state index in [1.165, 1.54) is 27.6 Å². The van der Waals surface area contributed by atoms with Crippen LogP contribution in [0.5, 0.6) is 0 Å². The number of rotatable bonds is 8. The predicted molar refractivity (Wildman–Crippen MR) is 178 cm³/mol. The summed E-state index contributed by atoms with van der Waals surface area (Å²) in [5.74, 6) is -1.73. The zero-order valence-electron chi connectivity index (χ0n) is 24.5. The molecule has 0 radical (unpaired) electrons. The van der Waals surface area contributed by atoms with Gasteiger partial charge in [-0.15, -0.1) is 0 Å². The third-order valence-corrected chi connectivity index (χ3v) is 11.6. The number of para-hydroxylation sites is 1. The highest BCUT2D eigenvalue weighted by atomic mass is 32.2. The second-order valence-corrected chi connectivity index (χ2v) is 15.1. The maximum Gasteiger partial charge on any atom is 0.321 e. The van der Waals surface area contributed by atoms with Crippen molar-refractivity contribution in [1.82, 2.24) is 8.96 Å². The van der Waals surface area contributed by atoms with Crippen molar-refractivity contribution in [3.05, 3.63) is 120 Å². The van der Waals surface area contributed by atoms with Crippen LogP contribution in [0.15, 0.2) is 112 Å². The highest BCUT2D eigenvalue weighted by molar-refractivity contribution is 7.92. The number of carbonyl (C=O) groups excluding carboxylic acids is 1. The summed E-state index contributed by atoms with van der Waals surface area (Å²) in [6.45, 7) is 9.69. The fourth-order valence-corrected chi connectivity index (χ4v) is 8.63. The van der Waals surface area contributed by atoms with E-state index in [1.54, 1.807) is 66.0 Å². The van der Waals surface area contributed by atoms with Crippen LogP contribution in [0.3, 0.4) is 0 Å². The van der Waals surface area contributed by atoms with Gasteiger partial charge in [0.05, 0.1) is 34.7 Å². The summed E-state index contributed by atoms with van der Waals surface area (Å²) in [7, 11) is -7.08. The van der Waals surface area contributed by atoms with Crippen LogP contribution in [0.25, 0.3) is 49.3 Å². The normalized spacial score (nSPS) is 11.8. The monoisotopic (exact) mass is 667 g/mol. The number of ether oxygens (including phenoxy) is 1. The fraction of sp³-hybridized carbons (Fsp3) is 0.0882. The maximum atomic E-state index is 14.5. The van der Waals surface area contributed by atoms with Gasteiger partial charge in [0.1, 0.15) is 0 Å². The second kappa shape index (κ2) is 12.0. The molecule has 0 fully saturated rings. The number of benzene rings is 3. The van der Waals surface area contributed by atoms with Gasteiger partial charge in [0, 0.05) is 40.0 Å². The van der Waals surface area contributed by atoms with E-state index in [4.69, 9.17) is 6.57 Å². The molecule has 230 valence electrons. The standard InChI is InChI=1S/C34H25N3O6S3/c1-22-11-13-26(14-12-22)46(41,42)37-30-10-5-4-9-28(30)32(29-15-16-44-34(29)35-2)33(37)24-8-6-7-23(17-24)25-18-27(20-36-19-25)45(39,40)21-31(38)43-3/h4-20H,21H2,1,3H3. The smallest absolute Gasteiger partial charge is 0.321 e. The van der Waals surface area contributed by atoms with Crippen LogP contribution >= 0.6 is 11.3 Å². The zero-order chi connectivity index (χ0) is 32.6. The Labute approximate surface area is 270 Å². The van der Waals surface area contributed by atoms with Crippen LogP contribution in [0.1, 0.15) is 5.56 Å². The molecule has 3 aromatic heterocycles. The molecular weight excluding hydrogens is 643 g/mol. The van der Waals surface area contributed by atoms with Gasteiger partial charge in [-0.05, 0) is 48.2 Å². The topological polar surface area (TPSA) is 117 Å². The van der Waals surface area contributed by atoms with E-state index in [1.807, 2.05) is 25.1 Å². The molecule has 0 aliphatic carbocycles. The van der Waals surface area contributed by atoms with Crippen LogP contribution in [0, 0.1) is 13.5 Å². The molecule has 3 heterocycles. The SMILES string of the molecule is [C-]#[N+]c1sccc1-c1c(-c2cccc(-c3cncc(S(=O)(=O)CC(=O)OC)c3)c2)n(S(=O)(=O)c2ccc(C)cc2)c2ccccc12. The van der Waals surface area contributed by atoms with Crippen molar-refractivity contribution < 1.29 is 26.4 Å². The van der Waals surface area contributed by atoms with E-state index in [2.05, 4.69) is 14.6 Å². The number of esters is 1. The minimum Gasteiger partial charge on any atom is -0.468 e. The number of nitrogens with zero attached hydrogens (tertiary/aromatic N) is 3. The third-order valence-electron chi connectivity index (χ3n) is 7.48. The molecule has 0 aliphatic rings. The average Bonchev–Trinajstić information content (AvgIpc) is 3.67. The van der Waals surface area contributed by atoms with Gasteiger partial charge in [0.2, 0.25) is 5.00 Å². The van der Waals surface area contributed by atoms with Crippen LogP contribution in [0.2, 0.25) is 0 Å². The second-order valence-electron chi connectivity index (χ2n) is 10.4. The molecule has 0 aliphatic heterocycles. The lowest BCUT2D eigenvalue weighted by Gasteiger charge is -2.15. The number of aromatic nitrogens is 2. The van der Waals surface area contributed by atoms with Crippen LogP contribution in [0.4, 0.5) is 5.00 Å². The lowest BCUT2D eigenvalue weighted by molar-refractivity contribution is -0.137. The number of hydrogen-bond acceptors (Lipinski definition) is 8. The predicted octanol–water partition coefficient (Wildman–Crippen LogP) is 7.14. The Balaban J connectivity index is 1.63. The summed E-state index contributed by atoms with van der Waals surface area (Å²) >= 11 is 1.27. The number of hydrogen-bond donors (Lipinski definition) is 0. The van der Waals surface area contributed by atoms with Gasteiger partial charge < -0.3 is 4.74 Å². The Morgan fingerprint density at radius 2 is 1.63 bits per heavy atom. The highest BCUT2D eigenvalue weighted by Crippen LogP contribution is 2.48. The summed E-state index contributed by atoms with van der Waals surface area (Å²) in [6.07, 6.45) is 2.66. The minimum atomic E-state index is -4.16. The summed E-state index contributed by atoms with van der Waals surface area (Å²) in [6, 6.07) is 24.1. The molecule has 6 rings (SSSR count). The number of aryl methyl sites for hydroxylation is 1. The number of thiophene rings is 1. The van der Waals surface area contributed by atoms with Gasteiger partial charge >= 0.3 is 5.97 Å². The first kappa shape index (κ1) is 30.9. The van der Waals surface area contributed by atoms with Crippen LogP contribution < -0.4 is 0 Å². The van der Waals surface area contributed by atoms with E-state index >= 15 is 0 Å². The van der Waals surface area contributed by atoms with Gasteiger partial charge in [-0.1, -0.05) is 60.2 Å². The number of methoxy groups -OCH3 is 1. The maximum absolute atomic E-state index is 14.5. The molecular formula is C34H25N3O6S3. The van der Waals surface area contributed by atoms with E-state index in [0.717, 1.165) is 18.9 Å². The molecule has 12 heteroatoms. The molecule has 3 aromatic carbocycles. The Morgan fingerprint density at radius 1 is 0.891 bits per heavy atom. The number of carbonyl (C=O) groups is 1. The van der Waals surface area contributed by atoms with Crippen molar-refractivity contribution >= 4 is 53.1 Å². The largest absolute Gasteiger partial charge is 0.468 e. The number of sulfone groups is 1. The lowest BCUT2D eigenvalue weighted by Crippen LogP contribution is -2.17. The Bertz CT molecular complexity index is 2400. The first-order chi connectivity index (χ1) is 22.0. The Kier molecular flexibility index (Phi) is 8.08. The van der Waals surface area contributed by atoms with E-state index in [9.17, 15) is 21.6 Å². The molecule has 9 nitrogen and oxygen atoms in total. The highest BCUT2D eigenvalue weighted by Gasteiger charge is 2.30. The summed E-state index contributed by atoms with van der Waals surface area (Å²) in [4.78, 5) is 19.5. The summed E-state index contributed by atoms with van der Waals surface area (Å²) in [5.41, 5.74) is 4.42. The molecule has 46 heavy (non-hydrogen) atoms. The van der Waals surface area contributed by atoms with Gasteiger partial charge in [-0.25, -0.2) is 25.7 Å². The van der Waals surface area contributed by atoms with Gasteiger partial charge in [-0.3, -0.25) is 9.78 Å². The molecule has 0 spiro atoms. The Hall–Kier alpha value is -5.09. The quantitative estimate of drug-likeness (QED) is 0.125. The number of fused-ring (bicyclic) bond motifs is 1. The van der Waals surface area contributed by atoms with Gasteiger partial charge in [-0.2, -0.15) is 11.3 Å². The zero-order valence-corrected chi connectivity index (χ0v) is 27.0. The van der Waals surface area contributed by atoms with Crippen molar-refractivity contribution in [2.75, 3.05) is 12.9 Å². The average molecular weight is 668 g/mol. The third kappa shape index (κ3) is 5.49. The summed E-state index contributed by atoms with van der Waals surface area (Å²) in [5, 5.41) is 2.87. The molecule has 0 saturated heterocycles. The Morgan fingerprint density at radius 3 is 2.37 bits per heavy atom. The first-order valence-electron chi connectivity index (χ1n) is 13.8. The molecule has 6 aromatic rings. The van der Waals surface area contributed by atoms with Crippen molar-refractivity contribution in [3.8, 4) is 33.5 Å². The van der Waals surface area contributed by atoms with Crippen molar-refractivity contribution in [1.29, 1.82) is 0 Å². The van der Waals surface area contributed by atoms with E-state index in [0.29, 0.717) is 49.4 Å². The molecule has 0 bridgehead atoms. The lowest BCUT2D eigenvalue weighted by atomic mass is 9.97. The minimum absolute atomic E-state index is 0.103. The van der Waals surface area contributed by atoms with Gasteiger partial charge in [0.15, 0.2) is 15.6 Å². The molecule has 0 unspecified atom stereocenters. The first-order valence-corrected chi connectivity index (χ1v) is 17.8. The van der Waals surface area contributed by atoms with Gasteiger partial charge in [0.25, 0.3) is 10.0 Å². The molecule has 0 amide bonds. The molecule has 0 N–H and O–H groups in total. The van der Waals surface area contributed by atoms with Crippen molar-refractivity contribution in [2.45, 2.75) is 16.7 Å². The van der Waals surface area contributed by atoms with Crippen molar-refractivity contribution in [2.24, 2.45) is 0 Å². The number of pyridine rings is 1. The summed E-state index contributed by atoms with van der Waals surface area (Å²) < 4.78 is 60.6. The van der Waals surface area contributed by atoms with E-state index in [-0.39, 0.29) is 9.79 Å². The fourth-order valence-electron chi connectivity index (χ4n) is 5.28. The van der Waals surface area contributed by atoms with Crippen LogP contribution in [-0.4, -0.2) is 44.6 Å². The van der Waals surface area contributed by atoms with Crippen LogP contribution in [-0.2, 0) is 29.4 Å². The van der Waals surface area contributed by atoms with E-state index < -0.39 is 31.6 Å². The van der Waals surface area contributed by atoms with Crippen molar-refractivity contribution in [3.63, 3.8) is 0 Å².